The normalized spacial score (nSPS) is 46.1. The van der Waals surface area contributed by atoms with Crippen LogP contribution in [0.25, 0.3) is 0 Å². The SMILES string of the molecule is CC1CCC2C=C=CC12. The maximum absolute atomic E-state index is 3.20. The molecule has 9 heavy (non-hydrogen) atoms. The van der Waals surface area contributed by atoms with E-state index in [1.807, 2.05) is 0 Å². The van der Waals surface area contributed by atoms with Gasteiger partial charge in [0.25, 0.3) is 0 Å². The van der Waals surface area contributed by atoms with Crippen molar-refractivity contribution in [2.24, 2.45) is 17.8 Å². The van der Waals surface area contributed by atoms with Gasteiger partial charge in [0, 0.05) is 0 Å². The molecule has 1 saturated carbocycles. The standard InChI is InChI=1S/C9H12/c1-7-5-6-8-3-2-4-9(7)8/h3-4,7-9H,5-6H2,1H3. The Balaban J connectivity index is 2.20. The first-order valence-electron chi connectivity index (χ1n) is 3.80. The van der Waals surface area contributed by atoms with Crippen molar-refractivity contribution in [2.75, 3.05) is 0 Å². The van der Waals surface area contributed by atoms with E-state index in [0.717, 1.165) is 17.8 Å². The molecule has 0 radical (unpaired) electrons. The van der Waals surface area contributed by atoms with Crippen LogP contribution in [0.15, 0.2) is 17.9 Å². The largest absolute Gasteiger partial charge is 0.129 e. The third-order valence-electron chi connectivity index (χ3n) is 2.71. The predicted molar refractivity (Wildman–Crippen MR) is 38.0 cm³/mol. The predicted octanol–water partition coefficient (Wildman–Crippen LogP) is 2.37. The molecule has 0 aliphatic heterocycles. The summed E-state index contributed by atoms with van der Waals surface area (Å²) in [5.74, 6) is 2.63. The number of hydrogen-bond acceptors (Lipinski definition) is 0. The van der Waals surface area contributed by atoms with E-state index in [0.29, 0.717) is 0 Å². The van der Waals surface area contributed by atoms with Crippen LogP contribution in [0.2, 0.25) is 0 Å². The zero-order valence-corrected chi connectivity index (χ0v) is 5.80. The van der Waals surface area contributed by atoms with E-state index in [1.54, 1.807) is 0 Å². The van der Waals surface area contributed by atoms with Crippen LogP contribution in [-0.4, -0.2) is 0 Å². The highest BCUT2D eigenvalue weighted by molar-refractivity contribution is 5.10. The molecule has 0 N–H and O–H groups in total. The average Bonchev–Trinajstić information content (AvgIpc) is 2.35. The Bertz CT molecular complexity index is 172. The minimum Gasteiger partial charge on any atom is -0.129 e. The smallest absolute Gasteiger partial charge is 0.00628 e. The Morgan fingerprint density at radius 2 is 2.22 bits per heavy atom. The molecule has 3 atom stereocenters. The molecule has 2 aliphatic carbocycles. The number of fused-ring (bicyclic) bond motifs is 1. The molecule has 3 unspecified atom stereocenters. The van der Waals surface area contributed by atoms with Crippen LogP contribution in [0.5, 0.6) is 0 Å². The van der Waals surface area contributed by atoms with Crippen LogP contribution >= 0.6 is 0 Å². The van der Waals surface area contributed by atoms with E-state index in [-0.39, 0.29) is 0 Å². The lowest BCUT2D eigenvalue weighted by atomic mass is 9.94. The van der Waals surface area contributed by atoms with E-state index in [1.165, 1.54) is 12.8 Å². The Morgan fingerprint density at radius 3 is 3.00 bits per heavy atom. The molecule has 0 heterocycles. The number of allylic oxidation sites excluding steroid dienone is 1. The van der Waals surface area contributed by atoms with Gasteiger partial charge in [-0.2, -0.15) is 0 Å². The monoisotopic (exact) mass is 120 g/mol. The highest BCUT2D eigenvalue weighted by Gasteiger charge is 2.31. The third kappa shape index (κ3) is 0.668. The zero-order chi connectivity index (χ0) is 6.27. The van der Waals surface area contributed by atoms with Gasteiger partial charge >= 0.3 is 0 Å². The van der Waals surface area contributed by atoms with E-state index < -0.39 is 0 Å². The second kappa shape index (κ2) is 1.75. The molecule has 0 amide bonds. The van der Waals surface area contributed by atoms with E-state index in [4.69, 9.17) is 0 Å². The van der Waals surface area contributed by atoms with Crippen molar-refractivity contribution in [3.05, 3.63) is 17.9 Å². The summed E-state index contributed by atoms with van der Waals surface area (Å²) < 4.78 is 0. The highest BCUT2D eigenvalue weighted by atomic mass is 14.3. The van der Waals surface area contributed by atoms with Crippen molar-refractivity contribution in [1.29, 1.82) is 0 Å². The van der Waals surface area contributed by atoms with E-state index in [9.17, 15) is 0 Å². The summed E-state index contributed by atoms with van der Waals surface area (Å²) >= 11 is 0. The molecule has 2 aliphatic rings. The Labute approximate surface area is 56.3 Å². The first-order valence-corrected chi connectivity index (χ1v) is 3.80. The van der Waals surface area contributed by atoms with Gasteiger partial charge in [0.15, 0.2) is 0 Å². The molecule has 0 aromatic carbocycles. The Hall–Kier alpha value is -0.480. The second-order valence-corrected chi connectivity index (χ2v) is 3.30. The lowest BCUT2D eigenvalue weighted by molar-refractivity contribution is 0.465. The molecule has 0 heteroatoms. The maximum Gasteiger partial charge on any atom is -0.00628 e. The van der Waals surface area contributed by atoms with Gasteiger partial charge in [-0.05, 0) is 42.7 Å². The van der Waals surface area contributed by atoms with Crippen LogP contribution in [0.1, 0.15) is 19.8 Å². The molecule has 0 spiro atoms. The number of hydrogen-bond donors (Lipinski definition) is 0. The molecule has 1 fully saturated rings. The van der Waals surface area contributed by atoms with Gasteiger partial charge in [0.1, 0.15) is 0 Å². The van der Waals surface area contributed by atoms with Gasteiger partial charge in [0.05, 0.1) is 0 Å². The van der Waals surface area contributed by atoms with Crippen molar-refractivity contribution in [3.8, 4) is 0 Å². The topological polar surface area (TPSA) is 0 Å². The lowest BCUT2D eigenvalue weighted by Crippen LogP contribution is -2.04. The molecule has 0 bridgehead atoms. The van der Waals surface area contributed by atoms with Crippen molar-refractivity contribution in [3.63, 3.8) is 0 Å². The van der Waals surface area contributed by atoms with Gasteiger partial charge < -0.3 is 0 Å². The molecule has 0 nitrogen and oxygen atoms in total. The van der Waals surface area contributed by atoms with Crippen molar-refractivity contribution >= 4 is 0 Å². The van der Waals surface area contributed by atoms with Crippen LogP contribution in [0.4, 0.5) is 0 Å². The van der Waals surface area contributed by atoms with Gasteiger partial charge in [-0.25, -0.2) is 0 Å². The third-order valence-corrected chi connectivity index (χ3v) is 2.71. The summed E-state index contributed by atoms with van der Waals surface area (Å²) in [6.07, 6.45) is 7.32. The second-order valence-electron chi connectivity index (χ2n) is 3.30. The van der Waals surface area contributed by atoms with Crippen LogP contribution in [-0.2, 0) is 0 Å². The van der Waals surface area contributed by atoms with Crippen molar-refractivity contribution < 1.29 is 0 Å². The minimum absolute atomic E-state index is 0.852. The van der Waals surface area contributed by atoms with Gasteiger partial charge in [-0.3, -0.25) is 0 Å². The van der Waals surface area contributed by atoms with Crippen LogP contribution < -0.4 is 0 Å². The quantitative estimate of drug-likeness (QED) is 0.430. The van der Waals surface area contributed by atoms with Crippen molar-refractivity contribution in [1.82, 2.24) is 0 Å². The summed E-state index contributed by atoms with van der Waals surface area (Å²) in [5.41, 5.74) is 3.20. The number of rotatable bonds is 0. The van der Waals surface area contributed by atoms with Gasteiger partial charge in [0.2, 0.25) is 0 Å². The fourth-order valence-corrected chi connectivity index (χ4v) is 2.03. The Morgan fingerprint density at radius 1 is 1.33 bits per heavy atom. The summed E-state index contributed by atoms with van der Waals surface area (Å²) in [4.78, 5) is 0. The fraction of sp³-hybridized carbons (Fsp3) is 0.667. The first-order chi connectivity index (χ1) is 4.38. The van der Waals surface area contributed by atoms with E-state index in [2.05, 4.69) is 24.8 Å². The minimum atomic E-state index is 0.852. The molecule has 0 aromatic heterocycles. The lowest BCUT2D eigenvalue weighted by Gasteiger charge is -2.09. The van der Waals surface area contributed by atoms with E-state index >= 15 is 0 Å². The summed E-state index contributed by atoms with van der Waals surface area (Å²) in [6.45, 7) is 2.35. The molecule has 0 aromatic rings. The molecule has 2 rings (SSSR count). The van der Waals surface area contributed by atoms with Gasteiger partial charge in [-0.15, -0.1) is 5.73 Å². The Kier molecular flexibility index (Phi) is 1.03. The van der Waals surface area contributed by atoms with Crippen LogP contribution in [0.3, 0.4) is 0 Å². The first kappa shape index (κ1) is 5.32. The highest BCUT2D eigenvalue weighted by Crippen LogP contribution is 2.40. The van der Waals surface area contributed by atoms with Crippen molar-refractivity contribution in [2.45, 2.75) is 19.8 Å². The summed E-state index contributed by atoms with van der Waals surface area (Å²) in [6, 6.07) is 0. The average molecular weight is 120 g/mol. The molecular weight excluding hydrogens is 108 g/mol. The zero-order valence-electron chi connectivity index (χ0n) is 5.80. The van der Waals surface area contributed by atoms with Gasteiger partial charge in [-0.1, -0.05) is 6.92 Å². The molecule has 48 valence electrons. The van der Waals surface area contributed by atoms with Crippen LogP contribution in [0, 0.1) is 17.8 Å². The fourth-order valence-electron chi connectivity index (χ4n) is 2.03. The molecule has 0 saturated heterocycles. The molecular formula is C9H12. The maximum atomic E-state index is 3.20. The summed E-state index contributed by atoms with van der Waals surface area (Å²) in [5, 5.41) is 0. The summed E-state index contributed by atoms with van der Waals surface area (Å²) in [7, 11) is 0.